The second-order valence-corrected chi connectivity index (χ2v) is 3.17. The molecule has 12 heavy (non-hydrogen) atoms. The van der Waals surface area contributed by atoms with Crippen molar-refractivity contribution in [1.82, 2.24) is 4.90 Å². The average Bonchev–Trinajstić information content (AvgIpc) is 2.05. The quantitative estimate of drug-likeness (QED) is 0.687. The molecule has 0 spiro atoms. The van der Waals surface area contributed by atoms with Crippen LogP contribution in [0.3, 0.4) is 0 Å². The number of carbonyl (C=O) groups excluding carboxylic acids is 1. The van der Waals surface area contributed by atoms with Crippen LogP contribution in [0.25, 0.3) is 0 Å². The highest BCUT2D eigenvalue weighted by Gasteiger charge is 2.19. The molecule has 0 aromatic heterocycles. The number of hydrogen-bond donors (Lipinski definition) is 1. The summed E-state index contributed by atoms with van der Waals surface area (Å²) in [4.78, 5) is 13.3. The van der Waals surface area contributed by atoms with E-state index < -0.39 is 0 Å². The van der Waals surface area contributed by atoms with Crippen LogP contribution < -0.4 is 5.73 Å². The van der Waals surface area contributed by atoms with Crippen LogP contribution >= 0.6 is 0 Å². The van der Waals surface area contributed by atoms with Crippen LogP contribution in [0.15, 0.2) is 0 Å². The Morgan fingerprint density at radius 2 is 1.92 bits per heavy atom. The third-order valence-corrected chi connectivity index (χ3v) is 2.14. The number of hydrogen-bond acceptors (Lipinski definition) is 2. The fraction of sp³-hybridized carbons (Fsp3) is 0.889. The fourth-order valence-electron chi connectivity index (χ4n) is 1.17. The molecule has 0 aliphatic heterocycles. The molecule has 0 saturated heterocycles. The predicted octanol–water partition coefficient (Wildman–Crippen LogP) is 0.981. The van der Waals surface area contributed by atoms with Gasteiger partial charge in [0, 0.05) is 12.6 Å². The molecule has 0 aliphatic carbocycles. The fourth-order valence-corrected chi connectivity index (χ4v) is 1.17. The van der Waals surface area contributed by atoms with Gasteiger partial charge in [-0.1, -0.05) is 6.92 Å². The van der Waals surface area contributed by atoms with Gasteiger partial charge in [0.1, 0.15) is 0 Å². The topological polar surface area (TPSA) is 46.3 Å². The molecule has 0 fully saturated rings. The van der Waals surface area contributed by atoms with Gasteiger partial charge in [0.15, 0.2) is 0 Å². The molecule has 0 aromatic rings. The minimum atomic E-state index is -0.376. The van der Waals surface area contributed by atoms with Gasteiger partial charge < -0.3 is 10.6 Å². The van der Waals surface area contributed by atoms with Crippen LogP contribution in [-0.4, -0.2) is 29.4 Å². The maximum Gasteiger partial charge on any atom is 0.239 e. The normalized spacial score (nSPS) is 15.4. The largest absolute Gasteiger partial charge is 0.339 e. The van der Waals surface area contributed by atoms with Crippen molar-refractivity contribution in [3.8, 4) is 0 Å². The number of amides is 1. The Balaban J connectivity index is 4.24. The first kappa shape index (κ1) is 11.4. The van der Waals surface area contributed by atoms with E-state index in [0.717, 1.165) is 13.0 Å². The van der Waals surface area contributed by atoms with E-state index in [1.165, 1.54) is 0 Å². The standard InChI is InChI=1S/C9H20N2O/c1-5-7(3)11(6-2)9(12)8(4)10/h7-8H,5-6,10H2,1-4H3/t7?,8-/m0/s1. The summed E-state index contributed by atoms with van der Waals surface area (Å²) < 4.78 is 0. The summed E-state index contributed by atoms with van der Waals surface area (Å²) >= 11 is 0. The lowest BCUT2D eigenvalue weighted by Crippen LogP contribution is -2.46. The summed E-state index contributed by atoms with van der Waals surface area (Å²) in [5.74, 6) is 0.0480. The number of likely N-dealkylation sites (N-methyl/N-ethyl adjacent to an activating group) is 1. The molecule has 0 saturated carbocycles. The van der Waals surface area contributed by atoms with Crippen molar-refractivity contribution in [2.45, 2.75) is 46.2 Å². The van der Waals surface area contributed by atoms with Crippen molar-refractivity contribution < 1.29 is 4.79 Å². The lowest BCUT2D eigenvalue weighted by Gasteiger charge is -2.28. The minimum absolute atomic E-state index is 0.0480. The number of nitrogens with two attached hydrogens (primary N) is 1. The van der Waals surface area contributed by atoms with Crippen molar-refractivity contribution >= 4 is 5.91 Å². The van der Waals surface area contributed by atoms with Gasteiger partial charge >= 0.3 is 0 Å². The highest BCUT2D eigenvalue weighted by atomic mass is 16.2. The summed E-state index contributed by atoms with van der Waals surface area (Å²) in [5, 5.41) is 0. The van der Waals surface area contributed by atoms with E-state index in [9.17, 15) is 4.79 Å². The minimum Gasteiger partial charge on any atom is -0.339 e. The average molecular weight is 172 g/mol. The second kappa shape index (κ2) is 5.14. The molecule has 2 atom stereocenters. The molecule has 3 heteroatoms. The molecular weight excluding hydrogens is 152 g/mol. The Kier molecular flexibility index (Phi) is 4.90. The summed E-state index contributed by atoms with van der Waals surface area (Å²) in [5.41, 5.74) is 5.51. The molecule has 0 bridgehead atoms. The first-order valence-electron chi connectivity index (χ1n) is 4.60. The Morgan fingerprint density at radius 3 is 2.17 bits per heavy atom. The lowest BCUT2D eigenvalue weighted by atomic mass is 10.2. The first-order chi connectivity index (χ1) is 5.54. The van der Waals surface area contributed by atoms with Crippen molar-refractivity contribution in [2.24, 2.45) is 5.73 Å². The highest BCUT2D eigenvalue weighted by Crippen LogP contribution is 2.04. The lowest BCUT2D eigenvalue weighted by molar-refractivity contribution is -0.134. The SMILES string of the molecule is CCC(C)N(CC)C(=O)[C@H](C)N. The van der Waals surface area contributed by atoms with E-state index in [0.29, 0.717) is 6.04 Å². The van der Waals surface area contributed by atoms with Gasteiger partial charge in [-0.15, -0.1) is 0 Å². The number of nitrogens with zero attached hydrogens (tertiary/aromatic N) is 1. The number of carbonyl (C=O) groups is 1. The summed E-state index contributed by atoms with van der Waals surface area (Å²) in [6.45, 7) is 8.57. The smallest absolute Gasteiger partial charge is 0.239 e. The zero-order chi connectivity index (χ0) is 9.72. The van der Waals surface area contributed by atoms with Gasteiger partial charge in [0.25, 0.3) is 0 Å². The van der Waals surface area contributed by atoms with Crippen LogP contribution in [0.5, 0.6) is 0 Å². The first-order valence-corrected chi connectivity index (χ1v) is 4.60. The molecule has 0 aliphatic rings. The van der Waals surface area contributed by atoms with Crippen LogP contribution in [0.2, 0.25) is 0 Å². The molecule has 0 rings (SSSR count). The van der Waals surface area contributed by atoms with Crippen LogP contribution in [0.4, 0.5) is 0 Å². The Labute approximate surface area is 74.9 Å². The van der Waals surface area contributed by atoms with Gasteiger partial charge in [-0.2, -0.15) is 0 Å². The molecule has 1 unspecified atom stereocenters. The molecule has 2 N–H and O–H groups in total. The van der Waals surface area contributed by atoms with Crippen LogP contribution in [-0.2, 0) is 4.79 Å². The molecule has 0 aromatic carbocycles. The van der Waals surface area contributed by atoms with Crippen molar-refractivity contribution in [2.75, 3.05) is 6.54 Å². The summed E-state index contributed by atoms with van der Waals surface area (Å²) in [6.07, 6.45) is 0.978. The Bertz CT molecular complexity index is 145. The van der Waals surface area contributed by atoms with E-state index >= 15 is 0 Å². The maximum atomic E-state index is 11.5. The van der Waals surface area contributed by atoms with Gasteiger partial charge in [-0.25, -0.2) is 0 Å². The van der Waals surface area contributed by atoms with Crippen LogP contribution in [0, 0.1) is 0 Å². The van der Waals surface area contributed by atoms with Gasteiger partial charge in [0.2, 0.25) is 5.91 Å². The van der Waals surface area contributed by atoms with E-state index in [1.54, 1.807) is 6.92 Å². The molecule has 1 amide bonds. The van der Waals surface area contributed by atoms with Gasteiger partial charge in [-0.05, 0) is 27.2 Å². The van der Waals surface area contributed by atoms with Crippen LogP contribution in [0.1, 0.15) is 34.1 Å². The molecule has 3 nitrogen and oxygen atoms in total. The predicted molar refractivity (Wildman–Crippen MR) is 50.8 cm³/mol. The third kappa shape index (κ3) is 2.81. The summed E-state index contributed by atoms with van der Waals surface area (Å²) in [6, 6.07) is -0.0764. The highest BCUT2D eigenvalue weighted by molar-refractivity contribution is 5.81. The Hall–Kier alpha value is -0.570. The van der Waals surface area contributed by atoms with E-state index in [2.05, 4.69) is 6.92 Å². The summed E-state index contributed by atoms with van der Waals surface area (Å²) in [7, 11) is 0. The zero-order valence-electron chi connectivity index (χ0n) is 8.50. The monoisotopic (exact) mass is 172 g/mol. The molecule has 0 heterocycles. The maximum absolute atomic E-state index is 11.5. The number of rotatable bonds is 4. The van der Waals surface area contributed by atoms with Gasteiger partial charge in [0.05, 0.1) is 6.04 Å². The third-order valence-electron chi connectivity index (χ3n) is 2.14. The van der Waals surface area contributed by atoms with E-state index in [-0.39, 0.29) is 11.9 Å². The van der Waals surface area contributed by atoms with Gasteiger partial charge in [-0.3, -0.25) is 4.79 Å². The molecule has 72 valence electrons. The van der Waals surface area contributed by atoms with Crippen molar-refractivity contribution in [3.05, 3.63) is 0 Å². The van der Waals surface area contributed by atoms with Crippen molar-refractivity contribution in [1.29, 1.82) is 0 Å². The van der Waals surface area contributed by atoms with E-state index in [4.69, 9.17) is 5.73 Å². The second-order valence-electron chi connectivity index (χ2n) is 3.17. The molecule has 0 radical (unpaired) electrons. The Morgan fingerprint density at radius 1 is 1.42 bits per heavy atom. The van der Waals surface area contributed by atoms with E-state index in [1.807, 2.05) is 18.7 Å². The molecular formula is C9H20N2O. The zero-order valence-corrected chi connectivity index (χ0v) is 8.50. The van der Waals surface area contributed by atoms with Crippen molar-refractivity contribution in [3.63, 3.8) is 0 Å².